The van der Waals surface area contributed by atoms with Crippen LogP contribution in [0.2, 0.25) is 0 Å². The van der Waals surface area contributed by atoms with Crippen molar-refractivity contribution < 1.29 is 0 Å². The molecule has 96 valence electrons. The normalized spacial score (nSPS) is 12.8. The van der Waals surface area contributed by atoms with Gasteiger partial charge in [0.1, 0.15) is 5.82 Å². The van der Waals surface area contributed by atoms with E-state index < -0.39 is 0 Å². The third-order valence-corrected chi connectivity index (χ3v) is 2.92. The van der Waals surface area contributed by atoms with Gasteiger partial charge in [-0.05, 0) is 32.0 Å². The van der Waals surface area contributed by atoms with Gasteiger partial charge in [-0.3, -0.25) is 0 Å². The first-order valence-electron chi connectivity index (χ1n) is 6.54. The van der Waals surface area contributed by atoms with Crippen molar-refractivity contribution in [2.45, 2.75) is 33.7 Å². The molecule has 0 saturated carbocycles. The number of nitrogens with one attached hydrogen (secondary N) is 1. The lowest BCUT2D eigenvalue weighted by atomic mass is 10.1. The largest absolute Gasteiger partial charge is 0.370 e. The molecule has 1 aromatic rings. The number of anilines is 1. The molecule has 1 unspecified atom stereocenters. The van der Waals surface area contributed by atoms with E-state index in [0.717, 1.165) is 37.1 Å². The Hall–Kier alpha value is -1.09. The first-order chi connectivity index (χ1) is 8.15. The number of aromatic nitrogens is 1. The number of hydrogen-bond donors (Lipinski definition) is 1. The van der Waals surface area contributed by atoms with Crippen LogP contribution in [0.5, 0.6) is 0 Å². The molecule has 0 fully saturated rings. The first kappa shape index (κ1) is 14.0. The molecule has 1 rings (SSSR count). The van der Waals surface area contributed by atoms with Crippen molar-refractivity contribution in [3.05, 3.63) is 23.9 Å². The minimum absolute atomic E-state index is 0.747. The zero-order valence-electron chi connectivity index (χ0n) is 11.5. The predicted octanol–water partition coefficient (Wildman–Crippen LogP) is 2.99. The predicted molar refractivity (Wildman–Crippen MR) is 74.2 cm³/mol. The molecule has 1 N–H and O–H groups in total. The van der Waals surface area contributed by atoms with Crippen molar-refractivity contribution >= 4 is 5.82 Å². The Bertz CT molecular complexity index is 325. The average Bonchev–Trinajstić information content (AvgIpc) is 2.29. The van der Waals surface area contributed by atoms with Crippen LogP contribution in [0.4, 0.5) is 5.82 Å². The van der Waals surface area contributed by atoms with Gasteiger partial charge in [-0.2, -0.15) is 0 Å². The Morgan fingerprint density at radius 1 is 1.35 bits per heavy atom. The number of pyridine rings is 1. The molecule has 17 heavy (non-hydrogen) atoms. The van der Waals surface area contributed by atoms with Crippen molar-refractivity contribution in [3.63, 3.8) is 0 Å². The summed E-state index contributed by atoms with van der Waals surface area (Å²) in [7, 11) is 2.16. The summed E-state index contributed by atoms with van der Waals surface area (Å²) in [4.78, 5) is 6.92. The quantitative estimate of drug-likeness (QED) is 0.787. The molecule has 0 aliphatic heterocycles. The van der Waals surface area contributed by atoms with Crippen LogP contribution in [-0.2, 0) is 6.54 Å². The monoisotopic (exact) mass is 235 g/mol. The molecular formula is C14H25N3. The molecule has 0 aliphatic carbocycles. The molecule has 1 aromatic heterocycles. The summed E-state index contributed by atoms with van der Waals surface area (Å²) in [5, 5.41) is 3.24. The molecule has 0 spiro atoms. The summed E-state index contributed by atoms with van der Waals surface area (Å²) >= 11 is 0. The van der Waals surface area contributed by atoms with Gasteiger partial charge in [-0.15, -0.1) is 0 Å². The van der Waals surface area contributed by atoms with E-state index in [4.69, 9.17) is 0 Å². The molecular weight excluding hydrogens is 210 g/mol. The van der Waals surface area contributed by atoms with Gasteiger partial charge in [-0.25, -0.2) is 4.98 Å². The van der Waals surface area contributed by atoms with E-state index in [0.29, 0.717) is 0 Å². The molecule has 0 aromatic carbocycles. The number of nitrogens with zero attached hydrogens (tertiary/aromatic N) is 2. The highest BCUT2D eigenvalue weighted by Crippen LogP contribution is 2.09. The fourth-order valence-electron chi connectivity index (χ4n) is 1.85. The average molecular weight is 235 g/mol. The van der Waals surface area contributed by atoms with Crippen molar-refractivity contribution in [3.8, 4) is 0 Å². The highest BCUT2D eigenvalue weighted by Gasteiger charge is 2.06. The Morgan fingerprint density at radius 2 is 2.12 bits per heavy atom. The summed E-state index contributed by atoms with van der Waals surface area (Å²) in [6.45, 7) is 9.58. The van der Waals surface area contributed by atoms with Gasteiger partial charge in [0.15, 0.2) is 0 Å². The Balaban J connectivity index is 2.52. The van der Waals surface area contributed by atoms with Gasteiger partial charge in [0.05, 0.1) is 5.69 Å². The van der Waals surface area contributed by atoms with E-state index in [1.807, 2.05) is 6.07 Å². The minimum atomic E-state index is 0.747. The van der Waals surface area contributed by atoms with E-state index in [1.165, 1.54) is 6.42 Å². The fraction of sp³-hybridized carbons (Fsp3) is 0.643. The standard InChI is InChI=1S/C14H25N3/c1-5-12(3)10-17(4)11-13-8-7-9-14(16-13)15-6-2/h7-9,12H,5-6,10-11H2,1-4H3,(H,15,16). The number of rotatable bonds is 7. The van der Waals surface area contributed by atoms with E-state index in [2.05, 4.69) is 55.2 Å². The van der Waals surface area contributed by atoms with Crippen LogP contribution in [-0.4, -0.2) is 30.0 Å². The zero-order valence-corrected chi connectivity index (χ0v) is 11.5. The van der Waals surface area contributed by atoms with Gasteiger partial charge < -0.3 is 10.2 Å². The smallest absolute Gasteiger partial charge is 0.126 e. The lowest BCUT2D eigenvalue weighted by molar-refractivity contribution is 0.272. The molecule has 0 radical (unpaired) electrons. The zero-order chi connectivity index (χ0) is 12.7. The van der Waals surface area contributed by atoms with E-state index in [9.17, 15) is 0 Å². The molecule has 0 bridgehead atoms. The van der Waals surface area contributed by atoms with Crippen LogP contribution in [0.25, 0.3) is 0 Å². The second kappa shape index (κ2) is 7.28. The van der Waals surface area contributed by atoms with E-state index in [1.54, 1.807) is 0 Å². The summed E-state index contributed by atoms with van der Waals surface area (Å²) in [6.07, 6.45) is 1.23. The summed E-state index contributed by atoms with van der Waals surface area (Å²) in [5.41, 5.74) is 1.13. The van der Waals surface area contributed by atoms with E-state index >= 15 is 0 Å². The molecule has 3 nitrogen and oxygen atoms in total. The molecule has 3 heteroatoms. The molecule has 0 saturated heterocycles. The molecule has 1 heterocycles. The van der Waals surface area contributed by atoms with Crippen molar-refractivity contribution in [1.82, 2.24) is 9.88 Å². The van der Waals surface area contributed by atoms with Crippen LogP contribution in [0.15, 0.2) is 18.2 Å². The van der Waals surface area contributed by atoms with Crippen LogP contribution in [0.1, 0.15) is 32.9 Å². The topological polar surface area (TPSA) is 28.2 Å². The summed E-state index contributed by atoms with van der Waals surface area (Å²) < 4.78 is 0. The van der Waals surface area contributed by atoms with Crippen LogP contribution in [0, 0.1) is 5.92 Å². The highest BCUT2D eigenvalue weighted by atomic mass is 15.1. The second-order valence-corrected chi connectivity index (χ2v) is 4.75. The van der Waals surface area contributed by atoms with Gasteiger partial charge in [0.2, 0.25) is 0 Å². The van der Waals surface area contributed by atoms with Crippen molar-refractivity contribution in [2.24, 2.45) is 5.92 Å². The highest BCUT2D eigenvalue weighted by molar-refractivity contribution is 5.34. The summed E-state index contributed by atoms with van der Waals surface area (Å²) in [5.74, 6) is 1.72. The molecule has 0 amide bonds. The van der Waals surface area contributed by atoms with Crippen LogP contribution in [0.3, 0.4) is 0 Å². The lowest BCUT2D eigenvalue weighted by Crippen LogP contribution is -2.24. The Labute approximate surface area is 105 Å². The Morgan fingerprint density at radius 3 is 2.76 bits per heavy atom. The maximum atomic E-state index is 4.58. The fourth-order valence-corrected chi connectivity index (χ4v) is 1.85. The summed E-state index contributed by atoms with van der Waals surface area (Å²) in [6, 6.07) is 6.17. The lowest BCUT2D eigenvalue weighted by Gasteiger charge is -2.20. The van der Waals surface area contributed by atoms with E-state index in [-0.39, 0.29) is 0 Å². The molecule has 0 aliphatic rings. The van der Waals surface area contributed by atoms with Crippen molar-refractivity contribution in [2.75, 3.05) is 25.5 Å². The van der Waals surface area contributed by atoms with Gasteiger partial charge >= 0.3 is 0 Å². The number of hydrogen-bond acceptors (Lipinski definition) is 3. The van der Waals surface area contributed by atoms with Crippen LogP contribution < -0.4 is 5.32 Å². The van der Waals surface area contributed by atoms with Gasteiger partial charge in [0, 0.05) is 19.6 Å². The maximum Gasteiger partial charge on any atom is 0.126 e. The third-order valence-electron chi connectivity index (χ3n) is 2.92. The Kier molecular flexibility index (Phi) is 5.98. The second-order valence-electron chi connectivity index (χ2n) is 4.75. The van der Waals surface area contributed by atoms with Crippen LogP contribution >= 0.6 is 0 Å². The van der Waals surface area contributed by atoms with Gasteiger partial charge in [0.25, 0.3) is 0 Å². The maximum absolute atomic E-state index is 4.58. The first-order valence-corrected chi connectivity index (χ1v) is 6.54. The minimum Gasteiger partial charge on any atom is -0.370 e. The van der Waals surface area contributed by atoms with Crippen molar-refractivity contribution in [1.29, 1.82) is 0 Å². The molecule has 1 atom stereocenters. The SMILES string of the molecule is CCNc1cccc(CN(C)CC(C)CC)n1. The third kappa shape index (κ3) is 5.18. The van der Waals surface area contributed by atoms with Gasteiger partial charge in [-0.1, -0.05) is 26.3 Å².